The smallest absolute Gasteiger partial charge is 0.334 e. The molecule has 0 aromatic carbocycles. The van der Waals surface area contributed by atoms with Gasteiger partial charge in [0.25, 0.3) is 0 Å². The Hall–Kier alpha value is -0.750. The number of carboxylic acid groups (broad SMARTS) is 1. The number of hydrogen-bond donors (Lipinski definition) is 3. The Morgan fingerprint density at radius 3 is 2.55 bits per heavy atom. The quantitative estimate of drug-likeness (QED) is 0.402. The SMILES string of the molecule is N[C@H](CCC(=O)O)C(=O)OS. The lowest BCUT2D eigenvalue weighted by Gasteiger charge is -2.04. The van der Waals surface area contributed by atoms with Crippen LogP contribution in [0.15, 0.2) is 0 Å². The predicted molar refractivity (Wildman–Crippen MR) is 39.9 cm³/mol. The average molecular weight is 179 g/mol. The van der Waals surface area contributed by atoms with Gasteiger partial charge in [-0.05, 0) is 6.42 Å². The normalized spacial score (nSPS) is 12.2. The fourth-order valence-electron chi connectivity index (χ4n) is 0.465. The molecular formula is C5H9NO4S. The fourth-order valence-corrected chi connectivity index (χ4v) is 0.600. The van der Waals surface area contributed by atoms with E-state index in [1.807, 2.05) is 0 Å². The summed E-state index contributed by atoms with van der Waals surface area (Å²) in [6.45, 7) is 0. The van der Waals surface area contributed by atoms with Gasteiger partial charge >= 0.3 is 11.9 Å². The van der Waals surface area contributed by atoms with Crippen molar-refractivity contribution in [2.45, 2.75) is 18.9 Å². The van der Waals surface area contributed by atoms with Crippen molar-refractivity contribution in [2.24, 2.45) is 5.73 Å². The number of carbonyl (C=O) groups excluding carboxylic acids is 1. The van der Waals surface area contributed by atoms with E-state index in [0.29, 0.717) is 0 Å². The van der Waals surface area contributed by atoms with Gasteiger partial charge in [-0.25, -0.2) is 4.79 Å². The van der Waals surface area contributed by atoms with E-state index < -0.39 is 18.0 Å². The van der Waals surface area contributed by atoms with Crippen LogP contribution >= 0.6 is 12.9 Å². The Kier molecular flexibility index (Phi) is 4.64. The molecule has 0 aromatic rings. The first-order valence-corrected chi connectivity index (χ1v) is 3.27. The molecule has 0 rings (SSSR count). The highest BCUT2D eigenvalue weighted by Gasteiger charge is 2.14. The molecule has 0 heterocycles. The van der Waals surface area contributed by atoms with Crippen LogP contribution in [0.4, 0.5) is 0 Å². The van der Waals surface area contributed by atoms with Gasteiger partial charge in [0.05, 0.1) is 0 Å². The van der Waals surface area contributed by atoms with Crippen LogP contribution in [-0.4, -0.2) is 23.1 Å². The van der Waals surface area contributed by atoms with E-state index in [9.17, 15) is 9.59 Å². The molecule has 0 bridgehead atoms. The predicted octanol–water partition coefficient (Wildman–Crippen LogP) is -0.433. The van der Waals surface area contributed by atoms with E-state index in [4.69, 9.17) is 10.8 Å². The zero-order chi connectivity index (χ0) is 8.85. The van der Waals surface area contributed by atoms with Gasteiger partial charge in [-0.2, -0.15) is 0 Å². The van der Waals surface area contributed by atoms with Crippen molar-refractivity contribution in [3.05, 3.63) is 0 Å². The molecule has 0 aliphatic carbocycles. The van der Waals surface area contributed by atoms with Crippen molar-refractivity contribution in [3.8, 4) is 0 Å². The zero-order valence-corrected chi connectivity index (χ0v) is 6.58. The highest BCUT2D eigenvalue weighted by atomic mass is 32.1. The van der Waals surface area contributed by atoms with Crippen LogP contribution < -0.4 is 5.73 Å². The topological polar surface area (TPSA) is 89.6 Å². The Morgan fingerprint density at radius 2 is 2.18 bits per heavy atom. The lowest BCUT2D eigenvalue weighted by Crippen LogP contribution is -2.31. The van der Waals surface area contributed by atoms with Crippen LogP contribution in [0.1, 0.15) is 12.8 Å². The Morgan fingerprint density at radius 1 is 1.64 bits per heavy atom. The maximum absolute atomic E-state index is 10.5. The molecule has 0 saturated heterocycles. The molecule has 0 aromatic heterocycles. The largest absolute Gasteiger partial charge is 0.481 e. The first-order chi connectivity index (χ1) is 5.07. The first kappa shape index (κ1) is 10.2. The lowest BCUT2D eigenvalue weighted by molar-refractivity contribution is -0.138. The Labute approximate surface area is 69.1 Å². The minimum Gasteiger partial charge on any atom is -0.481 e. The molecule has 64 valence electrons. The van der Waals surface area contributed by atoms with Crippen molar-refractivity contribution in [2.75, 3.05) is 0 Å². The van der Waals surface area contributed by atoms with Gasteiger partial charge in [0.15, 0.2) is 0 Å². The van der Waals surface area contributed by atoms with Crippen LogP contribution in [0, 0.1) is 0 Å². The number of nitrogens with two attached hydrogens (primary N) is 1. The molecule has 0 fully saturated rings. The highest BCUT2D eigenvalue weighted by Crippen LogP contribution is 1.97. The minimum atomic E-state index is -0.993. The van der Waals surface area contributed by atoms with Crippen molar-refractivity contribution < 1.29 is 18.9 Å². The van der Waals surface area contributed by atoms with E-state index in [0.717, 1.165) is 0 Å². The summed E-state index contributed by atoms with van der Waals surface area (Å²) < 4.78 is 3.98. The number of carboxylic acids is 1. The summed E-state index contributed by atoms with van der Waals surface area (Å²) in [6, 6.07) is -0.899. The maximum Gasteiger partial charge on any atom is 0.334 e. The van der Waals surface area contributed by atoms with Gasteiger partial charge in [-0.3, -0.25) is 4.79 Å². The number of rotatable bonds is 4. The summed E-state index contributed by atoms with van der Waals surface area (Å²) in [6.07, 6.45) is -0.0846. The highest BCUT2D eigenvalue weighted by molar-refractivity contribution is 7.75. The molecule has 0 spiro atoms. The van der Waals surface area contributed by atoms with Crippen molar-refractivity contribution in [3.63, 3.8) is 0 Å². The molecule has 0 radical (unpaired) electrons. The van der Waals surface area contributed by atoms with E-state index in [1.165, 1.54) is 0 Å². The molecule has 0 amide bonds. The molecular weight excluding hydrogens is 170 g/mol. The summed E-state index contributed by atoms with van der Waals surface area (Å²) in [5, 5.41) is 8.19. The van der Waals surface area contributed by atoms with Crippen LogP contribution in [0.3, 0.4) is 0 Å². The number of hydrogen-bond acceptors (Lipinski definition) is 5. The van der Waals surface area contributed by atoms with Crippen LogP contribution in [0.2, 0.25) is 0 Å². The summed E-state index contributed by atoms with van der Waals surface area (Å²) in [5.41, 5.74) is 5.19. The third-order valence-electron chi connectivity index (χ3n) is 1.06. The summed E-state index contributed by atoms with van der Waals surface area (Å²) in [4.78, 5) is 20.5. The van der Waals surface area contributed by atoms with E-state index in [1.54, 1.807) is 0 Å². The molecule has 5 nitrogen and oxygen atoms in total. The second kappa shape index (κ2) is 4.97. The number of aliphatic carboxylic acids is 1. The van der Waals surface area contributed by atoms with Crippen LogP contribution in [0.5, 0.6) is 0 Å². The summed E-state index contributed by atoms with van der Waals surface area (Å²) >= 11 is 3.22. The third-order valence-corrected chi connectivity index (χ3v) is 1.24. The monoisotopic (exact) mass is 179 g/mol. The van der Waals surface area contributed by atoms with Crippen molar-refractivity contribution in [1.29, 1.82) is 0 Å². The summed E-state index contributed by atoms with van der Waals surface area (Å²) in [5.74, 6) is -1.71. The lowest BCUT2D eigenvalue weighted by atomic mass is 10.2. The van der Waals surface area contributed by atoms with Crippen molar-refractivity contribution in [1.82, 2.24) is 0 Å². The van der Waals surface area contributed by atoms with E-state index >= 15 is 0 Å². The molecule has 0 aliphatic rings. The van der Waals surface area contributed by atoms with Gasteiger partial charge in [0, 0.05) is 19.3 Å². The van der Waals surface area contributed by atoms with Crippen LogP contribution in [0.25, 0.3) is 0 Å². The molecule has 3 N–H and O–H groups in total. The first-order valence-electron chi connectivity index (χ1n) is 2.90. The Balaban J connectivity index is 3.60. The molecule has 0 unspecified atom stereocenters. The maximum atomic E-state index is 10.5. The summed E-state index contributed by atoms with van der Waals surface area (Å²) in [7, 11) is 0. The minimum absolute atomic E-state index is 0.0642. The van der Waals surface area contributed by atoms with E-state index in [2.05, 4.69) is 17.1 Å². The van der Waals surface area contributed by atoms with Crippen molar-refractivity contribution >= 4 is 24.8 Å². The second-order valence-electron chi connectivity index (χ2n) is 1.95. The standard InChI is InChI=1S/C5H9NO4S/c6-3(5(9)10-11)1-2-4(7)8/h3,11H,1-2,6H2,(H,7,8)/t3-/m1/s1. The molecule has 0 saturated carbocycles. The van der Waals surface area contributed by atoms with Gasteiger partial charge in [0.1, 0.15) is 6.04 Å². The van der Waals surface area contributed by atoms with Gasteiger partial charge in [0.2, 0.25) is 0 Å². The molecule has 11 heavy (non-hydrogen) atoms. The fraction of sp³-hybridized carbons (Fsp3) is 0.600. The van der Waals surface area contributed by atoms with Gasteiger partial charge in [-0.1, -0.05) is 0 Å². The third kappa shape index (κ3) is 4.63. The molecule has 6 heteroatoms. The van der Waals surface area contributed by atoms with Gasteiger partial charge < -0.3 is 15.0 Å². The number of carbonyl (C=O) groups is 2. The zero-order valence-electron chi connectivity index (χ0n) is 5.69. The Bertz CT molecular complexity index is 161. The average Bonchev–Trinajstić information content (AvgIpc) is 1.98. The molecule has 1 atom stereocenters. The second-order valence-corrected chi connectivity index (χ2v) is 2.13. The van der Waals surface area contributed by atoms with Gasteiger partial charge in [-0.15, -0.1) is 0 Å². The van der Waals surface area contributed by atoms with E-state index in [-0.39, 0.29) is 12.8 Å². The van der Waals surface area contributed by atoms with Crippen LogP contribution in [-0.2, 0) is 13.8 Å². The molecule has 0 aliphatic heterocycles. The number of thiol groups is 1.